The van der Waals surface area contributed by atoms with Crippen LogP contribution in [0.15, 0.2) is 12.2 Å². The highest BCUT2D eigenvalue weighted by Crippen LogP contribution is 1.91. The van der Waals surface area contributed by atoms with Gasteiger partial charge in [-0.25, -0.2) is 9.59 Å². The summed E-state index contributed by atoms with van der Waals surface area (Å²) in [5.41, 5.74) is 0.343. The monoisotopic (exact) mass is 246 g/mol. The van der Waals surface area contributed by atoms with Crippen LogP contribution in [0.1, 0.15) is 13.8 Å². The Balaban J connectivity index is 3.27. The van der Waals surface area contributed by atoms with Gasteiger partial charge in [0.25, 0.3) is 0 Å². The predicted molar refractivity (Wildman–Crippen MR) is 59.6 cm³/mol. The number of esters is 1. The summed E-state index contributed by atoms with van der Waals surface area (Å²) in [6.07, 6.45) is -0.718. The van der Waals surface area contributed by atoms with E-state index in [0.29, 0.717) is 5.57 Å². The van der Waals surface area contributed by atoms with Crippen molar-refractivity contribution in [2.24, 2.45) is 0 Å². The maximum absolute atomic E-state index is 10.9. The van der Waals surface area contributed by atoms with E-state index in [-0.39, 0.29) is 33.0 Å². The fraction of sp³-hybridized carbons (Fsp3) is 0.636. The van der Waals surface area contributed by atoms with Crippen LogP contribution in [0.5, 0.6) is 0 Å². The Bertz CT molecular complexity index is 261. The minimum Gasteiger partial charge on any atom is -0.460 e. The van der Waals surface area contributed by atoms with Crippen LogP contribution in [-0.2, 0) is 23.7 Å². The molecule has 0 fully saturated rings. The van der Waals surface area contributed by atoms with Crippen LogP contribution >= 0.6 is 0 Å². The molecular weight excluding hydrogens is 228 g/mol. The number of hydrogen-bond donors (Lipinski definition) is 0. The molecule has 0 aromatic rings. The Labute approximate surface area is 100 Å². The minimum absolute atomic E-state index is 0.104. The van der Waals surface area contributed by atoms with E-state index in [0.717, 1.165) is 0 Å². The molecule has 0 rings (SSSR count). The minimum atomic E-state index is -0.718. The average molecular weight is 246 g/mol. The van der Waals surface area contributed by atoms with Crippen LogP contribution in [0.25, 0.3) is 0 Å². The molecule has 0 spiro atoms. The average Bonchev–Trinajstić information content (AvgIpc) is 2.27. The van der Waals surface area contributed by atoms with E-state index in [4.69, 9.17) is 9.47 Å². The summed E-state index contributed by atoms with van der Waals surface area (Å²) >= 11 is 0. The van der Waals surface area contributed by atoms with Gasteiger partial charge in [-0.2, -0.15) is 0 Å². The van der Waals surface area contributed by atoms with Gasteiger partial charge < -0.3 is 18.9 Å². The van der Waals surface area contributed by atoms with E-state index in [1.165, 1.54) is 0 Å². The van der Waals surface area contributed by atoms with Crippen molar-refractivity contribution in [3.05, 3.63) is 12.2 Å². The van der Waals surface area contributed by atoms with Gasteiger partial charge in [0, 0.05) is 5.57 Å². The molecule has 6 heteroatoms. The maximum atomic E-state index is 10.9. The van der Waals surface area contributed by atoms with Gasteiger partial charge in [-0.05, 0) is 13.8 Å². The third-order valence-corrected chi connectivity index (χ3v) is 1.52. The number of ether oxygens (including phenoxy) is 4. The molecule has 6 nitrogen and oxygen atoms in total. The van der Waals surface area contributed by atoms with Crippen molar-refractivity contribution in [3.8, 4) is 0 Å². The Kier molecular flexibility index (Phi) is 8.77. The molecule has 0 saturated carbocycles. The highest BCUT2D eigenvalue weighted by molar-refractivity contribution is 5.86. The number of carbonyl (C=O) groups is 2. The predicted octanol–water partition coefficient (Wildman–Crippen LogP) is 1.30. The molecule has 0 aliphatic heterocycles. The molecule has 0 aliphatic rings. The highest BCUT2D eigenvalue weighted by atomic mass is 16.7. The molecule has 0 N–H and O–H groups in total. The van der Waals surface area contributed by atoms with Gasteiger partial charge in [0.2, 0.25) is 0 Å². The zero-order valence-electron chi connectivity index (χ0n) is 10.2. The lowest BCUT2D eigenvalue weighted by molar-refractivity contribution is -0.140. The Morgan fingerprint density at radius 2 is 1.59 bits per heavy atom. The second kappa shape index (κ2) is 9.65. The summed E-state index contributed by atoms with van der Waals surface area (Å²) in [5.74, 6) is -0.448. The molecule has 0 heterocycles. The Morgan fingerprint density at radius 1 is 1.00 bits per heavy atom. The van der Waals surface area contributed by atoms with Gasteiger partial charge in [-0.3, -0.25) is 0 Å². The van der Waals surface area contributed by atoms with E-state index in [2.05, 4.69) is 16.1 Å². The van der Waals surface area contributed by atoms with Crippen molar-refractivity contribution in [2.75, 3.05) is 33.0 Å². The second-order valence-electron chi connectivity index (χ2n) is 3.06. The first-order valence-electron chi connectivity index (χ1n) is 5.27. The van der Waals surface area contributed by atoms with Crippen LogP contribution in [0, 0.1) is 0 Å². The molecule has 0 amide bonds. The highest BCUT2D eigenvalue weighted by Gasteiger charge is 2.03. The molecule has 0 aromatic carbocycles. The Morgan fingerprint density at radius 3 is 2.12 bits per heavy atom. The summed E-state index contributed by atoms with van der Waals surface area (Å²) in [6, 6.07) is 0. The van der Waals surface area contributed by atoms with E-state index >= 15 is 0 Å². The lowest BCUT2D eigenvalue weighted by Gasteiger charge is -2.06. The summed E-state index contributed by atoms with van der Waals surface area (Å²) in [7, 11) is 0. The third kappa shape index (κ3) is 9.37. The fourth-order valence-electron chi connectivity index (χ4n) is 0.762. The Hall–Kier alpha value is -1.56. The molecular formula is C11H18O6. The molecule has 17 heavy (non-hydrogen) atoms. The number of hydrogen-bond acceptors (Lipinski definition) is 6. The van der Waals surface area contributed by atoms with Crippen molar-refractivity contribution >= 4 is 12.1 Å². The van der Waals surface area contributed by atoms with Crippen molar-refractivity contribution in [3.63, 3.8) is 0 Å². The van der Waals surface area contributed by atoms with E-state index in [9.17, 15) is 9.59 Å². The zero-order valence-corrected chi connectivity index (χ0v) is 10.2. The summed E-state index contributed by atoms with van der Waals surface area (Å²) in [5, 5.41) is 0. The first-order valence-corrected chi connectivity index (χ1v) is 5.27. The number of carbonyl (C=O) groups excluding carboxylic acids is 2. The van der Waals surface area contributed by atoms with Crippen LogP contribution < -0.4 is 0 Å². The lowest BCUT2D eigenvalue weighted by Crippen LogP contribution is -2.15. The molecule has 0 radical (unpaired) electrons. The standard InChI is InChI=1S/C11H18O6/c1-4-15-11(13)17-8-6-14-5-7-16-10(12)9(2)3/h2,4-8H2,1,3H3. The van der Waals surface area contributed by atoms with Gasteiger partial charge in [-0.1, -0.05) is 6.58 Å². The van der Waals surface area contributed by atoms with Crippen LogP contribution in [0.2, 0.25) is 0 Å². The van der Waals surface area contributed by atoms with Gasteiger partial charge in [-0.15, -0.1) is 0 Å². The van der Waals surface area contributed by atoms with Gasteiger partial charge in [0.15, 0.2) is 0 Å². The molecule has 0 saturated heterocycles. The molecule has 0 atom stereocenters. The van der Waals surface area contributed by atoms with E-state index in [1.807, 2.05) is 0 Å². The lowest BCUT2D eigenvalue weighted by atomic mass is 10.4. The van der Waals surface area contributed by atoms with Crippen molar-refractivity contribution < 1.29 is 28.5 Å². The topological polar surface area (TPSA) is 71.1 Å². The van der Waals surface area contributed by atoms with Crippen molar-refractivity contribution in [2.45, 2.75) is 13.8 Å². The maximum Gasteiger partial charge on any atom is 0.508 e. The molecule has 98 valence electrons. The normalized spacial score (nSPS) is 9.53. The van der Waals surface area contributed by atoms with Gasteiger partial charge in [0.1, 0.15) is 13.2 Å². The molecule has 0 bridgehead atoms. The van der Waals surface area contributed by atoms with Gasteiger partial charge >= 0.3 is 12.1 Å². The largest absolute Gasteiger partial charge is 0.508 e. The van der Waals surface area contributed by atoms with Crippen LogP contribution in [0.4, 0.5) is 4.79 Å². The zero-order chi connectivity index (χ0) is 13.1. The van der Waals surface area contributed by atoms with Crippen LogP contribution in [0.3, 0.4) is 0 Å². The first kappa shape index (κ1) is 15.4. The van der Waals surface area contributed by atoms with Crippen molar-refractivity contribution in [1.29, 1.82) is 0 Å². The fourth-order valence-corrected chi connectivity index (χ4v) is 0.762. The quantitative estimate of drug-likeness (QED) is 0.365. The molecule has 0 aliphatic carbocycles. The smallest absolute Gasteiger partial charge is 0.460 e. The van der Waals surface area contributed by atoms with E-state index < -0.39 is 12.1 Å². The first-order chi connectivity index (χ1) is 8.07. The van der Waals surface area contributed by atoms with Crippen molar-refractivity contribution in [1.82, 2.24) is 0 Å². The molecule has 0 aromatic heterocycles. The second-order valence-corrected chi connectivity index (χ2v) is 3.06. The number of rotatable bonds is 8. The van der Waals surface area contributed by atoms with Crippen LogP contribution in [-0.4, -0.2) is 45.2 Å². The third-order valence-electron chi connectivity index (χ3n) is 1.52. The molecule has 0 unspecified atom stereocenters. The van der Waals surface area contributed by atoms with Gasteiger partial charge in [0.05, 0.1) is 19.8 Å². The SMILES string of the molecule is C=C(C)C(=O)OCCOCCOC(=O)OCC. The van der Waals surface area contributed by atoms with E-state index in [1.54, 1.807) is 13.8 Å². The summed E-state index contributed by atoms with van der Waals surface area (Å²) < 4.78 is 19.0. The summed E-state index contributed by atoms with van der Waals surface area (Å²) in [6.45, 7) is 7.68. The summed E-state index contributed by atoms with van der Waals surface area (Å²) in [4.78, 5) is 21.6.